The topological polar surface area (TPSA) is 133 Å². The second-order valence-corrected chi connectivity index (χ2v) is 9.71. The third-order valence-electron chi connectivity index (χ3n) is 6.30. The number of aromatic nitrogens is 3. The fraction of sp³-hybridized carbons (Fsp3) is 0.522. The molecule has 1 saturated carbocycles. The number of methoxy groups -OCH3 is 1. The van der Waals surface area contributed by atoms with Crippen LogP contribution in [-0.4, -0.2) is 69.0 Å². The Morgan fingerprint density at radius 1 is 1.18 bits per heavy atom. The fourth-order valence-corrected chi connectivity index (χ4v) is 5.33. The summed E-state index contributed by atoms with van der Waals surface area (Å²) in [5, 5.41) is 38.3. The molecular formula is C23H31N5O4S. The van der Waals surface area contributed by atoms with E-state index in [0.29, 0.717) is 42.6 Å². The number of nitrogens with zero attached hydrogens (tertiary/aromatic N) is 3. The maximum absolute atomic E-state index is 11.2. The van der Waals surface area contributed by atoms with Gasteiger partial charge in [0, 0.05) is 26.2 Å². The first kappa shape index (κ1) is 23.8. The molecule has 0 aliphatic heterocycles. The predicted octanol–water partition coefficient (Wildman–Crippen LogP) is 2.60. The molecule has 1 aliphatic rings. The molecule has 33 heavy (non-hydrogen) atoms. The summed E-state index contributed by atoms with van der Waals surface area (Å²) in [6.07, 6.45) is -0.345. The van der Waals surface area contributed by atoms with E-state index >= 15 is 0 Å². The van der Waals surface area contributed by atoms with Crippen molar-refractivity contribution >= 4 is 33.3 Å². The van der Waals surface area contributed by atoms with E-state index in [0.717, 1.165) is 15.2 Å². The van der Waals surface area contributed by atoms with Gasteiger partial charge in [0.1, 0.15) is 16.9 Å². The number of aliphatic hydroxyl groups excluding tert-OH is 2. The van der Waals surface area contributed by atoms with Crippen molar-refractivity contribution < 1.29 is 20.1 Å². The van der Waals surface area contributed by atoms with Crippen molar-refractivity contribution in [3.8, 4) is 10.6 Å². The molecule has 4 rings (SSSR count). The van der Waals surface area contributed by atoms with Gasteiger partial charge in [-0.15, -0.1) is 11.3 Å². The zero-order chi connectivity index (χ0) is 23.8. The number of aryl methyl sites for hydroxylation is 3. The number of anilines is 2. The Morgan fingerprint density at radius 3 is 2.64 bits per heavy atom. The van der Waals surface area contributed by atoms with E-state index in [1.165, 1.54) is 22.5 Å². The second-order valence-electron chi connectivity index (χ2n) is 8.67. The van der Waals surface area contributed by atoms with Crippen molar-refractivity contribution in [2.24, 2.45) is 5.92 Å². The van der Waals surface area contributed by atoms with E-state index in [1.54, 1.807) is 7.11 Å². The molecule has 10 heteroatoms. The molecule has 3 atom stereocenters. The lowest BCUT2D eigenvalue weighted by Gasteiger charge is -2.31. The highest BCUT2D eigenvalue weighted by molar-refractivity contribution is 7.21. The predicted molar refractivity (Wildman–Crippen MR) is 130 cm³/mol. The van der Waals surface area contributed by atoms with E-state index in [1.807, 2.05) is 6.92 Å². The maximum Gasteiger partial charge on any atom is 0.224 e. The molecule has 0 spiro atoms. The van der Waals surface area contributed by atoms with Crippen molar-refractivity contribution in [1.29, 1.82) is 0 Å². The van der Waals surface area contributed by atoms with Crippen LogP contribution in [0.1, 0.15) is 29.7 Å². The molecule has 0 radical (unpaired) electrons. The van der Waals surface area contributed by atoms with Crippen LogP contribution < -0.4 is 10.6 Å². The Labute approximate surface area is 196 Å². The van der Waals surface area contributed by atoms with Gasteiger partial charge in [-0.1, -0.05) is 0 Å². The first-order valence-electron chi connectivity index (χ1n) is 11.0. The number of fused-ring (bicyclic) bond motifs is 1. The van der Waals surface area contributed by atoms with Gasteiger partial charge >= 0.3 is 0 Å². The van der Waals surface area contributed by atoms with E-state index in [9.17, 15) is 15.3 Å². The average Bonchev–Trinajstić information content (AvgIpc) is 3.28. The van der Waals surface area contributed by atoms with Gasteiger partial charge in [-0.2, -0.15) is 4.98 Å². The van der Waals surface area contributed by atoms with Crippen LogP contribution in [-0.2, 0) is 4.74 Å². The Balaban J connectivity index is 1.79. The second kappa shape index (κ2) is 9.47. The molecule has 178 valence electrons. The minimum Gasteiger partial charge on any atom is -0.396 e. The number of rotatable bonds is 8. The van der Waals surface area contributed by atoms with Crippen LogP contribution in [0.3, 0.4) is 0 Å². The van der Waals surface area contributed by atoms with Crippen molar-refractivity contribution in [3.63, 3.8) is 0 Å². The molecule has 5 N–H and O–H groups in total. The van der Waals surface area contributed by atoms with E-state index < -0.39 is 17.7 Å². The summed E-state index contributed by atoms with van der Waals surface area (Å²) < 4.78 is 6.15. The Kier molecular flexibility index (Phi) is 6.83. The van der Waals surface area contributed by atoms with E-state index in [2.05, 4.69) is 46.6 Å². The van der Waals surface area contributed by atoms with Crippen LogP contribution in [0.4, 0.5) is 11.8 Å². The van der Waals surface area contributed by atoms with Crippen LogP contribution in [0.2, 0.25) is 0 Å². The normalized spacial score (nSPS) is 22.8. The minimum atomic E-state index is -1.61. The average molecular weight is 474 g/mol. The van der Waals surface area contributed by atoms with Crippen LogP contribution in [0, 0.1) is 26.7 Å². The number of ether oxygens (including phenoxy) is 1. The maximum atomic E-state index is 11.2. The van der Waals surface area contributed by atoms with Gasteiger partial charge in [0.15, 0.2) is 5.72 Å². The molecule has 0 amide bonds. The highest BCUT2D eigenvalue weighted by atomic mass is 32.1. The number of nitrogens with one attached hydrogen (secondary N) is 2. The van der Waals surface area contributed by atoms with Gasteiger partial charge in [0.05, 0.1) is 28.1 Å². The van der Waals surface area contributed by atoms with Crippen LogP contribution in [0.5, 0.6) is 0 Å². The first-order chi connectivity index (χ1) is 15.8. The Bertz CT molecular complexity index is 1110. The van der Waals surface area contributed by atoms with Crippen LogP contribution in [0.15, 0.2) is 12.1 Å². The SMILES string of the molecule is COCCNc1nc(C)c(-c2nc3cc(C)c(C)cc3s2)c(NC2(O)CCC(CO)C2O)n1. The minimum absolute atomic E-state index is 0.193. The summed E-state index contributed by atoms with van der Waals surface area (Å²) in [5.74, 6) is 0.370. The van der Waals surface area contributed by atoms with Crippen molar-refractivity contribution in [1.82, 2.24) is 15.0 Å². The Morgan fingerprint density at radius 2 is 1.94 bits per heavy atom. The lowest BCUT2D eigenvalue weighted by molar-refractivity contribution is -0.0545. The molecule has 3 aromatic rings. The molecule has 1 fully saturated rings. The number of benzene rings is 1. The molecule has 0 bridgehead atoms. The smallest absolute Gasteiger partial charge is 0.224 e. The van der Waals surface area contributed by atoms with Crippen LogP contribution >= 0.6 is 11.3 Å². The molecule has 2 aromatic heterocycles. The van der Waals surface area contributed by atoms with Crippen molar-refractivity contribution in [2.45, 2.75) is 45.4 Å². The molecule has 1 aromatic carbocycles. The lowest BCUT2D eigenvalue weighted by atomic mass is 10.0. The van der Waals surface area contributed by atoms with Crippen molar-refractivity contribution in [3.05, 3.63) is 29.0 Å². The zero-order valence-corrected chi connectivity index (χ0v) is 20.2. The van der Waals surface area contributed by atoms with Gasteiger partial charge < -0.3 is 30.7 Å². The molecule has 0 saturated heterocycles. The number of thiazole rings is 1. The summed E-state index contributed by atoms with van der Waals surface area (Å²) in [6.45, 7) is 6.83. The summed E-state index contributed by atoms with van der Waals surface area (Å²) in [7, 11) is 1.62. The first-order valence-corrected chi connectivity index (χ1v) is 11.9. The lowest BCUT2D eigenvalue weighted by Crippen LogP contribution is -2.48. The molecule has 9 nitrogen and oxygen atoms in total. The third kappa shape index (κ3) is 4.67. The number of hydrogen-bond donors (Lipinski definition) is 5. The highest BCUT2D eigenvalue weighted by Crippen LogP contribution is 2.41. The van der Waals surface area contributed by atoms with Gasteiger partial charge in [-0.05, 0) is 56.9 Å². The molecule has 2 heterocycles. The van der Waals surface area contributed by atoms with Gasteiger partial charge in [0.25, 0.3) is 0 Å². The highest BCUT2D eigenvalue weighted by Gasteiger charge is 2.47. The molecular weight excluding hydrogens is 442 g/mol. The van der Waals surface area contributed by atoms with Crippen LogP contribution in [0.25, 0.3) is 20.8 Å². The van der Waals surface area contributed by atoms with E-state index in [4.69, 9.17) is 9.72 Å². The standard InChI is InChI=1S/C23H31N5O4S/c1-12-9-16-17(10-13(12)2)33-21(26-16)18-14(3)25-22(24-7-8-32-4)27-20(18)28-23(31)6-5-15(11-29)19(23)30/h9-10,15,19,29-31H,5-8,11H2,1-4H3,(H2,24,25,27,28). The number of hydrogen-bond acceptors (Lipinski definition) is 10. The number of aliphatic hydroxyl groups is 3. The fourth-order valence-electron chi connectivity index (χ4n) is 4.18. The van der Waals surface area contributed by atoms with Gasteiger partial charge in [-0.3, -0.25) is 0 Å². The zero-order valence-electron chi connectivity index (χ0n) is 19.3. The van der Waals surface area contributed by atoms with Crippen molar-refractivity contribution in [2.75, 3.05) is 37.5 Å². The van der Waals surface area contributed by atoms with Gasteiger partial charge in [0.2, 0.25) is 5.95 Å². The monoisotopic (exact) mass is 473 g/mol. The Hall–Kier alpha value is -2.37. The summed E-state index contributed by atoms with van der Waals surface area (Å²) in [6, 6.07) is 4.19. The summed E-state index contributed by atoms with van der Waals surface area (Å²) >= 11 is 1.54. The molecule has 3 unspecified atom stereocenters. The third-order valence-corrected chi connectivity index (χ3v) is 7.33. The van der Waals surface area contributed by atoms with E-state index in [-0.39, 0.29) is 13.0 Å². The largest absolute Gasteiger partial charge is 0.396 e. The molecule has 1 aliphatic carbocycles. The summed E-state index contributed by atoms with van der Waals surface area (Å²) in [4.78, 5) is 14.1. The quantitative estimate of drug-likeness (QED) is 0.247. The van der Waals surface area contributed by atoms with Gasteiger partial charge in [-0.25, -0.2) is 9.97 Å². The summed E-state index contributed by atoms with van der Waals surface area (Å²) in [5.41, 5.74) is 3.01.